The van der Waals surface area contributed by atoms with Gasteiger partial charge in [-0.3, -0.25) is 0 Å². The molecule has 0 aliphatic heterocycles. The molecule has 0 aliphatic carbocycles. The number of aryl methyl sites for hydroxylation is 1. The smallest absolute Gasteiger partial charge is 0.336 e. The van der Waals surface area contributed by atoms with Gasteiger partial charge in [-0.05, 0) is 42.8 Å². The van der Waals surface area contributed by atoms with Crippen molar-refractivity contribution in [3.8, 4) is 16.9 Å². The highest BCUT2D eigenvalue weighted by molar-refractivity contribution is 5.99. The topological polar surface area (TPSA) is 55.2 Å². The van der Waals surface area contributed by atoms with Gasteiger partial charge in [-0.1, -0.05) is 12.1 Å². The van der Waals surface area contributed by atoms with Gasteiger partial charge in [-0.25, -0.2) is 4.79 Å². The second-order valence-electron chi connectivity index (χ2n) is 5.57. The van der Waals surface area contributed by atoms with E-state index in [9.17, 15) is 4.79 Å². The summed E-state index contributed by atoms with van der Waals surface area (Å²) in [7, 11) is 1.61. The van der Waals surface area contributed by atoms with E-state index in [0.717, 1.165) is 33.1 Å². The summed E-state index contributed by atoms with van der Waals surface area (Å²) in [5.74, 6) is 0.687. The first-order valence-corrected chi connectivity index (χ1v) is 7.36. The van der Waals surface area contributed by atoms with E-state index in [2.05, 4.69) is 17.1 Å². The van der Waals surface area contributed by atoms with Crippen molar-refractivity contribution >= 4 is 21.9 Å². The second kappa shape index (κ2) is 5.02. The number of hydrogen-bond donors (Lipinski definition) is 1. The van der Waals surface area contributed by atoms with Crippen molar-refractivity contribution in [3.63, 3.8) is 0 Å². The lowest BCUT2D eigenvalue weighted by atomic mass is 10.00. The molecule has 23 heavy (non-hydrogen) atoms. The Balaban J connectivity index is 2.08. The minimum atomic E-state index is -0.369. The van der Waals surface area contributed by atoms with Gasteiger partial charge in [-0.2, -0.15) is 0 Å². The van der Waals surface area contributed by atoms with Gasteiger partial charge in [0, 0.05) is 28.2 Å². The molecule has 2 aromatic heterocycles. The summed E-state index contributed by atoms with van der Waals surface area (Å²) < 4.78 is 10.8. The van der Waals surface area contributed by atoms with Crippen LogP contribution >= 0.6 is 0 Å². The molecule has 0 fully saturated rings. The highest BCUT2D eigenvalue weighted by Crippen LogP contribution is 2.35. The van der Waals surface area contributed by atoms with Crippen molar-refractivity contribution in [2.24, 2.45) is 0 Å². The first kappa shape index (κ1) is 13.6. The monoisotopic (exact) mass is 305 g/mol. The predicted octanol–water partition coefficient (Wildman–Crippen LogP) is 4.26. The lowest BCUT2D eigenvalue weighted by molar-refractivity contribution is 0.419. The van der Waals surface area contributed by atoms with Crippen molar-refractivity contribution in [1.82, 2.24) is 4.98 Å². The summed E-state index contributed by atoms with van der Waals surface area (Å²) in [6.45, 7) is 2.02. The Bertz CT molecular complexity index is 1090. The fourth-order valence-corrected chi connectivity index (χ4v) is 3.03. The Morgan fingerprint density at radius 2 is 1.96 bits per heavy atom. The molecule has 0 aliphatic rings. The maximum absolute atomic E-state index is 11.9. The Kier molecular flexibility index (Phi) is 2.98. The van der Waals surface area contributed by atoms with Crippen LogP contribution in [0, 0.1) is 6.92 Å². The summed E-state index contributed by atoms with van der Waals surface area (Å²) in [5.41, 5.74) is 4.11. The minimum Gasteiger partial charge on any atom is -0.496 e. The number of aromatic amines is 1. The number of hydrogen-bond acceptors (Lipinski definition) is 3. The molecule has 0 radical (unpaired) electrons. The molecule has 0 unspecified atom stereocenters. The number of ether oxygens (including phenoxy) is 1. The highest BCUT2D eigenvalue weighted by atomic mass is 16.5. The van der Waals surface area contributed by atoms with Crippen LogP contribution in [0.4, 0.5) is 0 Å². The van der Waals surface area contributed by atoms with Crippen LogP contribution in [0.2, 0.25) is 0 Å². The molecule has 4 heteroatoms. The van der Waals surface area contributed by atoms with Crippen molar-refractivity contribution in [2.75, 3.05) is 7.11 Å². The van der Waals surface area contributed by atoms with E-state index < -0.39 is 0 Å². The molecule has 0 atom stereocenters. The second-order valence-corrected chi connectivity index (χ2v) is 5.57. The molecule has 0 spiro atoms. The first-order valence-electron chi connectivity index (χ1n) is 7.36. The molecule has 1 N–H and O–H groups in total. The van der Waals surface area contributed by atoms with E-state index in [4.69, 9.17) is 9.15 Å². The number of benzene rings is 2. The van der Waals surface area contributed by atoms with Crippen LogP contribution in [0.25, 0.3) is 33.0 Å². The van der Waals surface area contributed by atoms with Crippen molar-refractivity contribution in [3.05, 3.63) is 64.6 Å². The van der Waals surface area contributed by atoms with Crippen LogP contribution in [-0.4, -0.2) is 12.1 Å². The maximum atomic E-state index is 11.9. The van der Waals surface area contributed by atoms with Crippen LogP contribution in [-0.2, 0) is 0 Å². The molecule has 4 nitrogen and oxygen atoms in total. The van der Waals surface area contributed by atoms with E-state index in [1.54, 1.807) is 13.2 Å². The average Bonchev–Trinajstić information content (AvgIpc) is 2.92. The van der Waals surface area contributed by atoms with Crippen LogP contribution in [0.5, 0.6) is 5.75 Å². The third kappa shape index (κ3) is 2.19. The SMILES string of the molecule is COc1cccc2oc(=O)cc(-c3ccc4[nH]c(C)cc4c3)c12. The molecule has 0 saturated heterocycles. The van der Waals surface area contributed by atoms with Crippen LogP contribution in [0.15, 0.2) is 57.7 Å². The lowest BCUT2D eigenvalue weighted by Crippen LogP contribution is -1.99. The van der Waals surface area contributed by atoms with Gasteiger partial charge in [0.05, 0.1) is 12.5 Å². The van der Waals surface area contributed by atoms with Crippen molar-refractivity contribution in [2.45, 2.75) is 6.92 Å². The molecule has 0 bridgehead atoms. The number of nitrogens with one attached hydrogen (secondary N) is 1. The summed E-state index contributed by atoms with van der Waals surface area (Å²) in [6.07, 6.45) is 0. The van der Waals surface area contributed by atoms with Gasteiger partial charge >= 0.3 is 5.63 Å². The normalized spacial score (nSPS) is 11.2. The lowest BCUT2D eigenvalue weighted by Gasteiger charge is -2.10. The molecule has 2 heterocycles. The number of methoxy groups -OCH3 is 1. The zero-order valence-electron chi connectivity index (χ0n) is 12.8. The summed E-state index contributed by atoms with van der Waals surface area (Å²) in [6, 6.07) is 15.2. The van der Waals surface area contributed by atoms with E-state index in [0.29, 0.717) is 11.3 Å². The van der Waals surface area contributed by atoms with Gasteiger partial charge in [0.2, 0.25) is 0 Å². The van der Waals surface area contributed by atoms with E-state index >= 15 is 0 Å². The Morgan fingerprint density at radius 1 is 1.09 bits per heavy atom. The number of H-pyrrole nitrogens is 1. The van der Waals surface area contributed by atoms with E-state index in [-0.39, 0.29) is 5.63 Å². The van der Waals surface area contributed by atoms with Gasteiger partial charge in [-0.15, -0.1) is 0 Å². The van der Waals surface area contributed by atoms with Gasteiger partial charge in [0.25, 0.3) is 0 Å². The molecule has 0 amide bonds. The zero-order valence-corrected chi connectivity index (χ0v) is 12.8. The fourth-order valence-electron chi connectivity index (χ4n) is 3.03. The van der Waals surface area contributed by atoms with Gasteiger partial charge in [0.15, 0.2) is 0 Å². The van der Waals surface area contributed by atoms with Gasteiger partial charge in [0.1, 0.15) is 11.3 Å². The standard InChI is InChI=1S/C19H15NO3/c1-11-8-13-9-12(6-7-15(13)20-11)14-10-18(21)23-17-5-3-4-16(22-2)19(14)17/h3-10,20H,1-2H3. The van der Waals surface area contributed by atoms with Crippen LogP contribution < -0.4 is 10.4 Å². The molecule has 4 aromatic rings. The largest absolute Gasteiger partial charge is 0.496 e. The predicted molar refractivity (Wildman–Crippen MR) is 91.1 cm³/mol. The highest BCUT2D eigenvalue weighted by Gasteiger charge is 2.13. The molecule has 0 saturated carbocycles. The number of aromatic nitrogens is 1. The van der Waals surface area contributed by atoms with E-state index in [1.807, 2.05) is 31.2 Å². The molecule has 114 valence electrons. The maximum Gasteiger partial charge on any atom is 0.336 e. The summed E-state index contributed by atoms with van der Waals surface area (Å²) >= 11 is 0. The molecule has 4 rings (SSSR count). The third-order valence-electron chi connectivity index (χ3n) is 4.02. The van der Waals surface area contributed by atoms with Crippen LogP contribution in [0.3, 0.4) is 0 Å². The van der Waals surface area contributed by atoms with E-state index in [1.165, 1.54) is 6.07 Å². The average molecular weight is 305 g/mol. The fraction of sp³-hybridized carbons (Fsp3) is 0.105. The summed E-state index contributed by atoms with van der Waals surface area (Å²) in [4.78, 5) is 15.2. The number of fused-ring (bicyclic) bond motifs is 2. The number of rotatable bonds is 2. The van der Waals surface area contributed by atoms with Gasteiger partial charge < -0.3 is 14.1 Å². The van der Waals surface area contributed by atoms with Crippen molar-refractivity contribution < 1.29 is 9.15 Å². The molecular formula is C19H15NO3. The molecular weight excluding hydrogens is 290 g/mol. The van der Waals surface area contributed by atoms with Crippen molar-refractivity contribution in [1.29, 1.82) is 0 Å². The summed E-state index contributed by atoms with van der Waals surface area (Å²) in [5, 5.41) is 1.91. The Morgan fingerprint density at radius 3 is 2.78 bits per heavy atom. The zero-order chi connectivity index (χ0) is 16.0. The van der Waals surface area contributed by atoms with Crippen LogP contribution in [0.1, 0.15) is 5.69 Å². The first-order chi connectivity index (χ1) is 11.2. The quantitative estimate of drug-likeness (QED) is 0.563. The Hall–Kier alpha value is -3.01. The third-order valence-corrected chi connectivity index (χ3v) is 4.02. The molecule has 2 aromatic carbocycles. The Labute approximate surface area is 132 Å². The minimum absolute atomic E-state index is 0.369.